The summed E-state index contributed by atoms with van der Waals surface area (Å²) >= 11 is 0. The summed E-state index contributed by atoms with van der Waals surface area (Å²) in [6.45, 7) is 13.2. The second kappa shape index (κ2) is 5.68. The quantitative estimate of drug-likeness (QED) is 0.802. The van der Waals surface area contributed by atoms with Crippen LogP contribution in [0.2, 0.25) is 0 Å². The van der Waals surface area contributed by atoms with E-state index in [1.807, 2.05) is 0 Å². The van der Waals surface area contributed by atoms with Crippen molar-refractivity contribution in [3.63, 3.8) is 0 Å². The standard InChI is InChI=1S/C14H30N2O/c1-13(2,3)12-6-8-16(10-12)14(4,11-15)7-9-17-5/h12H,6-11,15H2,1-5H3. The van der Waals surface area contributed by atoms with Crippen molar-refractivity contribution in [1.82, 2.24) is 4.90 Å². The van der Waals surface area contributed by atoms with Gasteiger partial charge in [-0.25, -0.2) is 0 Å². The average Bonchev–Trinajstić information content (AvgIpc) is 2.75. The zero-order chi connectivity index (χ0) is 13.1. The lowest BCUT2D eigenvalue weighted by Crippen LogP contribution is -2.51. The molecule has 0 aliphatic carbocycles. The molecule has 2 unspecified atom stereocenters. The summed E-state index contributed by atoms with van der Waals surface area (Å²) in [6.07, 6.45) is 2.32. The van der Waals surface area contributed by atoms with E-state index in [1.165, 1.54) is 19.5 Å². The fraction of sp³-hybridized carbons (Fsp3) is 1.00. The van der Waals surface area contributed by atoms with Crippen LogP contribution in [0.3, 0.4) is 0 Å². The largest absolute Gasteiger partial charge is 0.385 e. The third-order valence-corrected chi connectivity index (χ3v) is 4.46. The van der Waals surface area contributed by atoms with Gasteiger partial charge < -0.3 is 10.5 Å². The van der Waals surface area contributed by atoms with Crippen LogP contribution in [0.5, 0.6) is 0 Å². The van der Waals surface area contributed by atoms with Gasteiger partial charge in [0.1, 0.15) is 0 Å². The predicted molar refractivity (Wildman–Crippen MR) is 73.1 cm³/mol. The molecule has 2 atom stereocenters. The summed E-state index contributed by atoms with van der Waals surface area (Å²) in [5, 5.41) is 0. The number of methoxy groups -OCH3 is 1. The summed E-state index contributed by atoms with van der Waals surface area (Å²) in [5.41, 5.74) is 6.50. The van der Waals surface area contributed by atoms with Crippen LogP contribution in [-0.4, -0.2) is 43.8 Å². The Kier molecular flexibility index (Phi) is 4.99. The van der Waals surface area contributed by atoms with Crippen molar-refractivity contribution in [1.29, 1.82) is 0 Å². The second-order valence-electron chi connectivity index (χ2n) is 6.74. The van der Waals surface area contributed by atoms with E-state index in [1.54, 1.807) is 7.11 Å². The number of hydrogen-bond acceptors (Lipinski definition) is 3. The number of nitrogens with two attached hydrogens (primary N) is 1. The van der Waals surface area contributed by atoms with Crippen molar-refractivity contribution in [2.24, 2.45) is 17.1 Å². The molecule has 1 fully saturated rings. The minimum atomic E-state index is 0.107. The van der Waals surface area contributed by atoms with E-state index in [4.69, 9.17) is 10.5 Å². The number of nitrogens with zero attached hydrogens (tertiary/aromatic N) is 1. The lowest BCUT2D eigenvalue weighted by molar-refractivity contribution is 0.0787. The molecule has 0 aromatic carbocycles. The van der Waals surface area contributed by atoms with Gasteiger partial charge in [0.2, 0.25) is 0 Å². The number of likely N-dealkylation sites (tertiary alicyclic amines) is 1. The predicted octanol–water partition coefficient (Wildman–Crippen LogP) is 2.11. The molecule has 3 heteroatoms. The molecule has 1 aliphatic rings. The molecule has 1 saturated heterocycles. The Bertz CT molecular complexity index is 237. The van der Waals surface area contributed by atoms with Gasteiger partial charge in [-0.2, -0.15) is 0 Å². The fourth-order valence-electron chi connectivity index (χ4n) is 2.67. The molecule has 17 heavy (non-hydrogen) atoms. The number of rotatable bonds is 5. The van der Waals surface area contributed by atoms with Crippen LogP contribution in [0, 0.1) is 11.3 Å². The van der Waals surface area contributed by atoms with E-state index in [9.17, 15) is 0 Å². The van der Waals surface area contributed by atoms with Crippen LogP contribution in [-0.2, 0) is 4.74 Å². The van der Waals surface area contributed by atoms with Gasteiger partial charge >= 0.3 is 0 Å². The molecule has 1 aliphatic heterocycles. The minimum Gasteiger partial charge on any atom is -0.385 e. The Hall–Kier alpha value is -0.120. The summed E-state index contributed by atoms with van der Waals surface area (Å²) in [6, 6.07) is 0. The molecule has 1 rings (SSSR count). The zero-order valence-electron chi connectivity index (χ0n) is 12.3. The molecule has 0 amide bonds. The highest BCUT2D eigenvalue weighted by Crippen LogP contribution is 2.36. The fourth-order valence-corrected chi connectivity index (χ4v) is 2.67. The maximum absolute atomic E-state index is 5.98. The highest BCUT2D eigenvalue weighted by Gasteiger charge is 2.39. The normalized spacial score (nSPS) is 26.1. The van der Waals surface area contributed by atoms with Crippen LogP contribution in [0.15, 0.2) is 0 Å². The first-order valence-corrected chi connectivity index (χ1v) is 6.77. The van der Waals surface area contributed by atoms with Crippen LogP contribution < -0.4 is 5.73 Å². The highest BCUT2D eigenvalue weighted by molar-refractivity contribution is 4.94. The van der Waals surface area contributed by atoms with Gasteiger partial charge in [0, 0.05) is 32.3 Å². The Balaban J connectivity index is 2.61. The summed E-state index contributed by atoms with van der Waals surface area (Å²) < 4.78 is 5.21. The zero-order valence-corrected chi connectivity index (χ0v) is 12.3. The summed E-state index contributed by atoms with van der Waals surface area (Å²) in [4.78, 5) is 2.57. The SMILES string of the molecule is COCCC(C)(CN)N1CCC(C(C)(C)C)C1. The molecule has 0 aromatic rings. The van der Waals surface area contributed by atoms with Gasteiger partial charge in [0.15, 0.2) is 0 Å². The van der Waals surface area contributed by atoms with E-state index in [2.05, 4.69) is 32.6 Å². The van der Waals surface area contributed by atoms with Crippen LogP contribution in [0.4, 0.5) is 0 Å². The third-order valence-electron chi connectivity index (χ3n) is 4.46. The highest BCUT2D eigenvalue weighted by atomic mass is 16.5. The Morgan fingerprint density at radius 3 is 2.35 bits per heavy atom. The van der Waals surface area contributed by atoms with Crippen molar-refractivity contribution < 1.29 is 4.74 Å². The van der Waals surface area contributed by atoms with Crippen molar-refractivity contribution >= 4 is 0 Å². The maximum Gasteiger partial charge on any atom is 0.0480 e. The van der Waals surface area contributed by atoms with Gasteiger partial charge in [0.25, 0.3) is 0 Å². The van der Waals surface area contributed by atoms with Crippen LogP contribution in [0.25, 0.3) is 0 Å². The van der Waals surface area contributed by atoms with E-state index >= 15 is 0 Å². The minimum absolute atomic E-state index is 0.107. The van der Waals surface area contributed by atoms with Gasteiger partial charge in [-0.05, 0) is 37.6 Å². The molecule has 3 nitrogen and oxygen atoms in total. The van der Waals surface area contributed by atoms with E-state index in [0.29, 0.717) is 12.0 Å². The van der Waals surface area contributed by atoms with Crippen molar-refractivity contribution in [2.75, 3.05) is 33.4 Å². The van der Waals surface area contributed by atoms with E-state index in [-0.39, 0.29) is 5.54 Å². The molecule has 0 spiro atoms. The van der Waals surface area contributed by atoms with Crippen LogP contribution >= 0.6 is 0 Å². The molecule has 0 radical (unpaired) electrons. The molecule has 0 aromatic heterocycles. The maximum atomic E-state index is 5.98. The van der Waals surface area contributed by atoms with Gasteiger partial charge in [-0.15, -0.1) is 0 Å². The Labute approximate surface area is 107 Å². The summed E-state index contributed by atoms with van der Waals surface area (Å²) in [7, 11) is 1.76. The van der Waals surface area contributed by atoms with Crippen molar-refractivity contribution in [2.45, 2.75) is 46.1 Å². The first kappa shape index (κ1) is 14.9. The topological polar surface area (TPSA) is 38.5 Å². The monoisotopic (exact) mass is 242 g/mol. The average molecular weight is 242 g/mol. The van der Waals surface area contributed by atoms with Gasteiger partial charge in [-0.1, -0.05) is 20.8 Å². The molecule has 102 valence electrons. The van der Waals surface area contributed by atoms with Gasteiger partial charge in [-0.3, -0.25) is 4.90 Å². The Morgan fingerprint density at radius 2 is 1.94 bits per heavy atom. The van der Waals surface area contributed by atoms with Crippen molar-refractivity contribution in [3.05, 3.63) is 0 Å². The van der Waals surface area contributed by atoms with E-state index < -0.39 is 0 Å². The van der Waals surface area contributed by atoms with Gasteiger partial charge in [0.05, 0.1) is 0 Å². The molecule has 1 heterocycles. The first-order chi connectivity index (χ1) is 7.83. The molecule has 2 N–H and O–H groups in total. The Morgan fingerprint density at radius 1 is 1.29 bits per heavy atom. The molecular weight excluding hydrogens is 212 g/mol. The lowest BCUT2D eigenvalue weighted by atomic mass is 9.80. The summed E-state index contributed by atoms with van der Waals surface area (Å²) in [5.74, 6) is 0.788. The van der Waals surface area contributed by atoms with Crippen LogP contribution in [0.1, 0.15) is 40.5 Å². The molecule has 0 saturated carbocycles. The number of hydrogen-bond donors (Lipinski definition) is 1. The van der Waals surface area contributed by atoms with Crippen molar-refractivity contribution in [3.8, 4) is 0 Å². The first-order valence-electron chi connectivity index (χ1n) is 6.77. The molecular formula is C14H30N2O. The molecule has 0 bridgehead atoms. The van der Waals surface area contributed by atoms with E-state index in [0.717, 1.165) is 18.9 Å². The second-order valence-corrected chi connectivity index (χ2v) is 6.74. The smallest absolute Gasteiger partial charge is 0.0480 e. The lowest BCUT2D eigenvalue weighted by Gasteiger charge is -2.39. The number of ether oxygens (including phenoxy) is 1. The third kappa shape index (κ3) is 3.67.